The van der Waals surface area contributed by atoms with Crippen molar-refractivity contribution >= 4 is 0 Å². The van der Waals surface area contributed by atoms with Crippen LogP contribution in [0.1, 0.15) is 24.6 Å². The highest BCUT2D eigenvalue weighted by Gasteiger charge is 2.20. The van der Waals surface area contributed by atoms with E-state index in [1.165, 1.54) is 12.8 Å². The second-order valence-electron chi connectivity index (χ2n) is 4.68. The van der Waals surface area contributed by atoms with Crippen molar-refractivity contribution in [3.63, 3.8) is 0 Å². The van der Waals surface area contributed by atoms with E-state index in [2.05, 4.69) is 15.5 Å². The summed E-state index contributed by atoms with van der Waals surface area (Å²) >= 11 is 0. The number of para-hydroxylation sites is 1. The van der Waals surface area contributed by atoms with Gasteiger partial charge in [0.1, 0.15) is 5.75 Å². The molecule has 1 fully saturated rings. The smallest absolute Gasteiger partial charge is 0.228 e. The van der Waals surface area contributed by atoms with Gasteiger partial charge in [0.05, 0.1) is 0 Å². The van der Waals surface area contributed by atoms with Crippen molar-refractivity contribution in [2.24, 2.45) is 0 Å². The molecular weight excluding hydrogens is 242 g/mol. The molecule has 0 unspecified atom stereocenters. The lowest BCUT2D eigenvalue weighted by Gasteiger charge is -2.01. The highest BCUT2D eigenvalue weighted by atomic mass is 16.5. The first kappa shape index (κ1) is 12.2. The molecule has 100 valence electrons. The minimum atomic E-state index is 0.337. The van der Waals surface area contributed by atoms with Crippen LogP contribution in [-0.2, 0) is 13.0 Å². The summed E-state index contributed by atoms with van der Waals surface area (Å²) in [6, 6.07) is 10.3. The predicted molar refractivity (Wildman–Crippen MR) is 69.8 cm³/mol. The van der Waals surface area contributed by atoms with Gasteiger partial charge in [-0.15, -0.1) is 0 Å². The Morgan fingerprint density at radius 2 is 2.11 bits per heavy atom. The highest BCUT2D eigenvalue weighted by molar-refractivity contribution is 5.20. The van der Waals surface area contributed by atoms with E-state index in [9.17, 15) is 0 Å². The van der Waals surface area contributed by atoms with Crippen molar-refractivity contribution in [2.45, 2.75) is 31.9 Å². The number of ether oxygens (including phenoxy) is 1. The SMILES string of the molecule is c1ccc(OCc2noc(CCNC3CC3)n2)cc1. The van der Waals surface area contributed by atoms with Crippen LogP contribution < -0.4 is 10.1 Å². The number of rotatable bonds is 7. The van der Waals surface area contributed by atoms with Gasteiger partial charge in [0, 0.05) is 19.0 Å². The molecule has 0 bridgehead atoms. The van der Waals surface area contributed by atoms with Crippen LogP contribution in [0.4, 0.5) is 0 Å². The van der Waals surface area contributed by atoms with Crippen LogP contribution in [0.15, 0.2) is 34.9 Å². The zero-order chi connectivity index (χ0) is 12.9. The molecule has 1 aromatic heterocycles. The summed E-state index contributed by atoms with van der Waals surface area (Å²) in [6.07, 6.45) is 3.36. The molecule has 1 saturated carbocycles. The molecule has 5 nitrogen and oxygen atoms in total. The second kappa shape index (κ2) is 5.84. The first-order chi connectivity index (χ1) is 9.40. The highest BCUT2D eigenvalue weighted by Crippen LogP contribution is 2.18. The number of hydrogen-bond acceptors (Lipinski definition) is 5. The molecule has 0 spiro atoms. The lowest BCUT2D eigenvalue weighted by atomic mass is 10.3. The minimum absolute atomic E-state index is 0.337. The van der Waals surface area contributed by atoms with Crippen LogP contribution in [0.25, 0.3) is 0 Å². The van der Waals surface area contributed by atoms with Gasteiger partial charge in [0.2, 0.25) is 11.7 Å². The molecule has 19 heavy (non-hydrogen) atoms. The van der Waals surface area contributed by atoms with Gasteiger partial charge in [-0.1, -0.05) is 23.4 Å². The van der Waals surface area contributed by atoms with E-state index in [0.29, 0.717) is 24.4 Å². The maximum Gasteiger partial charge on any atom is 0.228 e. The molecule has 5 heteroatoms. The molecule has 0 atom stereocenters. The number of aromatic nitrogens is 2. The third-order valence-corrected chi connectivity index (χ3v) is 2.97. The first-order valence-electron chi connectivity index (χ1n) is 6.63. The molecule has 2 aromatic rings. The number of nitrogens with zero attached hydrogens (tertiary/aromatic N) is 2. The summed E-state index contributed by atoms with van der Waals surface area (Å²) in [5.74, 6) is 2.06. The van der Waals surface area contributed by atoms with Gasteiger partial charge in [-0.25, -0.2) is 0 Å². The Labute approximate surface area is 112 Å². The molecule has 1 heterocycles. The van der Waals surface area contributed by atoms with Crippen molar-refractivity contribution in [3.05, 3.63) is 42.0 Å². The van der Waals surface area contributed by atoms with Gasteiger partial charge in [-0.05, 0) is 25.0 Å². The number of nitrogens with one attached hydrogen (secondary N) is 1. The van der Waals surface area contributed by atoms with Crippen LogP contribution in [0.5, 0.6) is 5.75 Å². The fourth-order valence-electron chi connectivity index (χ4n) is 1.79. The summed E-state index contributed by atoms with van der Waals surface area (Å²) < 4.78 is 10.7. The number of hydrogen-bond donors (Lipinski definition) is 1. The van der Waals surface area contributed by atoms with E-state index in [0.717, 1.165) is 18.7 Å². The fourth-order valence-corrected chi connectivity index (χ4v) is 1.79. The topological polar surface area (TPSA) is 60.2 Å². The third kappa shape index (κ3) is 3.79. The van der Waals surface area contributed by atoms with E-state index >= 15 is 0 Å². The van der Waals surface area contributed by atoms with Crippen molar-refractivity contribution in [1.82, 2.24) is 15.5 Å². The molecule has 0 saturated heterocycles. The Kier molecular flexibility index (Phi) is 3.74. The van der Waals surface area contributed by atoms with Gasteiger partial charge < -0.3 is 14.6 Å². The van der Waals surface area contributed by atoms with Crippen molar-refractivity contribution < 1.29 is 9.26 Å². The van der Waals surface area contributed by atoms with Gasteiger partial charge in [0.15, 0.2) is 6.61 Å². The summed E-state index contributed by atoms with van der Waals surface area (Å²) in [6.45, 7) is 1.23. The molecule has 0 amide bonds. The lowest BCUT2D eigenvalue weighted by molar-refractivity contribution is 0.285. The summed E-state index contributed by atoms with van der Waals surface area (Å²) in [4.78, 5) is 4.30. The van der Waals surface area contributed by atoms with Crippen molar-refractivity contribution in [3.8, 4) is 5.75 Å². The van der Waals surface area contributed by atoms with E-state index in [1.54, 1.807) is 0 Å². The Morgan fingerprint density at radius 1 is 1.26 bits per heavy atom. The average Bonchev–Trinajstić information content (AvgIpc) is 3.16. The zero-order valence-corrected chi connectivity index (χ0v) is 10.7. The maximum absolute atomic E-state index is 5.56. The molecule has 1 aliphatic carbocycles. The third-order valence-electron chi connectivity index (χ3n) is 2.97. The molecule has 1 aliphatic rings. The fraction of sp³-hybridized carbons (Fsp3) is 0.429. The van der Waals surface area contributed by atoms with E-state index in [4.69, 9.17) is 9.26 Å². The Morgan fingerprint density at radius 3 is 2.89 bits per heavy atom. The monoisotopic (exact) mass is 259 g/mol. The maximum atomic E-state index is 5.56. The molecular formula is C14H17N3O2. The standard InChI is InChI=1S/C14H17N3O2/c1-2-4-12(5-3-1)18-10-13-16-14(19-17-13)8-9-15-11-6-7-11/h1-5,11,15H,6-10H2. The molecule has 3 rings (SSSR count). The molecule has 1 N–H and O–H groups in total. The van der Waals surface area contributed by atoms with E-state index < -0.39 is 0 Å². The Hall–Kier alpha value is -1.88. The van der Waals surface area contributed by atoms with Gasteiger partial charge >= 0.3 is 0 Å². The Bertz CT molecular complexity index is 508. The van der Waals surface area contributed by atoms with Crippen molar-refractivity contribution in [1.29, 1.82) is 0 Å². The summed E-state index contributed by atoms with van der Waals surface area (Å²) in [5, 5.41) is 7.32. The van der Waals surface area contributed by atoms with Crippen LogP contribution in [0, 0.1) is 0 Å². The van der Waals surface area contributed by atoms with Crippen LogP contribution in [-0.4, -0.2) is 22.7 Å². The normalized spacial score (nSPS) is 14.5. The number of benzene rings is 1. The average molecular weight is 259 g/mol. The van der Waals surface area contributed by atoms with Crippen LogP contribution >= 0.6 is 0 Å². The second-order valence-corrected chi connectivity index (χ2v) is 4.68. The predicted octanol–water partition coefficient (Wildman–Crippen LogP) is 1.94. The largest absolute Gasteiger partial charge is 0.485 e. The summed E-state index contributed by atoms with van der Waals surface area (Å²) in [7, 11) is 0. The van der Waals surface area contributed by atoms with Crippen molar-refractivity contribution in [2.75, 3.05) is 6.54 Å². The van der Waals surface area contributed by atoms with Gasteiger partial charge in [-0.2, -0.15) is 4.98 Å². The zero-order valence-electron chi connectivity index (χ0n) is 10.7. The van der Waals surface area contributed by atoms with Gasteiger partial charge in [-0.3, -0.25) is 0 Å². The summed E-state index contributed by atoms with van der Waals surface area (Å²) in [5.41, 5.74) is 0. The van der Waals surface area contributed by atoms with Crippen LogP contribution in [0.3, 0.4) is 0 Å². The molecule has 1 aromatic carbocycles. The van der Waals surface area contributed by atoms with E-state index in [1.807, 2.05) is 30.3 Å². The van der Waals surface area contributed by atoms with Crippen LogP contribution in [0.2, 0.25) is 0 Å². The molecule has 0 radical (unpaired) electrons. The van der Waals surface area contributed by atoms with E-state index in [-0.39, 0.29) is 0 Å². The first-order valence-corrected chi connectivity index (χ1v) is 6.63. The minimum Gasteiger partial charge on any atom is -0.485 e. The Balaban J connectivity index is 1.44. The quantitative estimate of drug-likeness (QED) is 0.823. The van der Waals surface area contributed by atoms with Gasteiger partial charge in [0.25, 0.3) is 0 Å². The molecule has 0 aliphatic heterocycles. The lowest BCUT2D eigenvalue weighted by Crippen LogP contribution is -2.19.